The first-order valence-electron chi connectivity index (χ1n) is 11.2. The smallest absolute Gasteiger partial charge is 0.308 e. The Hall–Kier alpha value is -3.38. The molecule has 2 aliphatic carbocycles. The number of carbonyl (C=O) groups is 2. The van der Waals surface area contributed by atoms with Crippen LogP contribution in [0.25, 0.3) is 0 Å². The Balaban J connectivity index is 1.69. The van der Waals surface area contributed by atoms with Crippen molar-refractivity contribution in [2.24, 2.45) is 0 Å². The van der Waals surface area contributed by atoms with Gasteiger partial charge in [0.15, 0.2) is 17.3 Å². The molecule has 0 spiro atoms. The molecular formula is C27H27NO5. The third kappa shape index (κ3) is 3.55. The second kappa shape index (κ2) is 8.19. The molecule has 6 nitrogen and oxygen atoms in total. The van der Waals surface area contributed by atoms with Gasteiger partial charge in [0.1, 0.15) is 6.61 Å². The van der Waals surface area contributed by atoms with E-state index < -0.39 is 11.4 Å². The number of hydrogen-bond acceptors (Lipinski definition) is 6. The fraction of sp³-hybridized carbons (Fsp3) is 0.333. The minimum atomic E-state index is -0.505. The third-order valence-electron chi connectivity index (χ3n) is 6.92. The summed E-state index contributed by atoms with van der Waals surface area (Å²) in [5, 5.41) is 0. The molecule has 6 heteroatoms. The molecule has 0 amide bonds. The molecule has 0 radical (unpaired) electrons. The molecule has 0 unspecified atom stereocenters. The van der Waals surface area contributed by atoms with Crippen molar-refractivity contribution in [2.75, 3.05) is 20.7 Å². The van der Waals surface area contributed by atoms with Crippen molar-refractivity contribution in [3.63, 3.8) is 0 Å². The molecule has 2 bridgehead atoms. The van der Waals surface area contributed by atoms with Crippen molar-refractivity contribution in [2.45, 2.75) is 37.8 Å². The third-order valence-corrected chi connectivity index (χ3v) is 6.92. The molecule has 2 atom stereocenters. The van der Waals surface area contributed by atoms with Gasteiger partial charge in [-0.05, 0) is 61.4 Å². The zero-order chi connectivity index (χ0) is 23.2. The summed E-state index contributed by atoms with van der Waals surface area (Å²) in [6.07, 6.45) is 6.85. The lowest BCUT2D eigenvalue weighted by atomic mass is 9.58. The highest BCUT2D eigenvalue weighted by atomic mass is 16.6. The number of benzene rings is 2. The van der Waals surface area contributed by atoms with Crippen LogP contribution >= 0.6 is 0 Å². The van der Waals surface area contributed by atoms with E-state index >= 15 is 0 Å². The van der Waals surface area contributed by atoms with E-state index in [1.165, 1.54) is 6.92 Å². The van der Waals surface area contributed by atoms with Gasteiger partial charge in [0.2, 0.25) is 5.75 Å². The summed E-state index contributed by atoms with van der Waals surface area (Å²) in [6, 6.07) is 12.0. The Labute approximate surface area is 193 Å². The predicted octanol–water partition coefficient (Wildman–Crippen LogP) is 3.76. The fourth-order valence-electron chi connectivity index (χ4n) is 5.44. The van der Waals surface area contributed by atoms with Crippen molar-refractivity contribution in [1.29, 1.82) is 0 Å². The maximum atomic E-state index is 12.3. The first-order chi connectivity index (χ1) is 15.9. The summed E-state index contributed by atoms with van der Waals surface area (Å²) in [5.74, 6) is 0.892. The monoisotopic (exact) mass is 445 g/mol. The summed E-state index contributed by atoms with van der Waals surface area (Å²) in [4.78, 5) is 26.8. The maximum absolute atomic E-state index is 12.3. The molecule has 170 valence electrons. The van der Waals surface area contributed by atoms with Gasteiger partial charge in [-0.15, -0.1) is 0 Å². The van der Waals surface area contributed by atoms with Crippen molar-refractivity contribution in [1.82, 2.24) is 4.90 Å². The number of hydrogen-bond donors (Lipinski definition) is 0. The van der Waals surface area contributed by atoms with E-state index in [1.807, 2.05) is 42.5 Å². The molecule has 0 saturated carbocycles. The number of carbonyl (C=O) groups excluding carboxylic acids is 2. The zero-order valence-corrected chi connectivity index (χ0v) is 19.1. The van der Waals surface area contributed by atoms with Gasteiger partial charge in [-0.25, -0.2) is 0 Å². The first-order valence-corrected chi connectivity index (χ1v) is 11.2. The van der Waals surface area contributed by atoms with E-state index in [0.717, 1.165) is 35.2 Å². The minimum Gasteiger partial charge on any atom is -0.490 e. The Morgan fingerprint density at radius 3 is 2.73 bits per heavy atom. The molecule has 0 aromatic heterocycles. The number of nitrogens with zero attached hydrogens (tertiary/aromatic N) is 1. The van der Waals surface area contributed by atoms with E-state index in [2.05, 4.69) is 11.9 Å². The molecule has 3 aliphatic rings. The van der Waals surface area contributed by atoms with Gasteiger partial charge in [-0.2, -0.15) is 0 Å². The maximum Gasteiger partial charge on any atom is 0.308 e. The van der Waals surface area contributed by atoms with E-state index in [1.54, 1.807) is 19.3 Å². The average molecular weight is 446 g/mol. The van der Waals surface area contributed by atoms with Crippen molar-refractivity contribution in [3.8, 4) is 17.2 Å². The molecule has 2 aromatic carbocycles. The minimum absolute atomic E-state index is 0.00630. The summed E-state index contributed by atoms with van der Waals surface area (Å²) in [7, 11) is 3.64. The van der Waals surface area contributed by atoms with Gasteiger partial charge in [0, 0.05) is 23.9 Å². The molecule has 1 fully saturated rings. The number of piperidine rings is 1. The number of ketones is 1. The van der Waals surface area contributed by atoms with E-state index in [9.17, 15) is 9.59 Å². The first kappa shape index (κ1) is 21.5. The lowest BCUT2D eigenvalue weighted by Gasteiger charge is -2.52. The Morgan fingerprint density at radius 1 is 1.21 bits per heavy atom. The van der Waals surface area contributed by atoms with Crippen molar-refractivity contribution in [3.05, 3.63) is 76.9 Å². The number of likely N-dealkylation sites (tertiary alicyclic amines) is 1. The summed E-state index contributed by atoms with van der Waals surface area (Å²) in [5.41, 5.74) is 3.53. The van der Waals surface area contributed by atoms with Crippen LogP contribution in [0.15, 0.2) is 60.2 Å². The van der Waals surface area contributed by atoms with E-state index in [0.29, 0.717) is 30.3 Å². The summed E-state index contributed by atoms with van der Waals surface area (Å²) < 4.78 is 17.8. The summed E-state index contributed by atoms with van der Waals surface area (Å²) >= 11 is 0. The van der Waals surface area contributed by atoms with Crippen LogP contribution in [0.3, 0.4) is 0 Å². The number of methoxy groups -OCH3 is 1. The molecule has 1 saturated heterocycles. The van der Waals surface area contributed by atoms with Crippen LogP contribution in [-0.4, -0.2) is 43.4 Å². The molecule has 0 N–H and O–H groups in total. The molecule has 1 aliphatic heterocycles. The SMILES string of the molecule is COc1c(OCc2ccccc2)cc2c(c1OC(C)=O)[C@@]13C=CC(=O)C=C1[C@@H](C2)N(C)CC3. The van der Waals surface area contributed by atoms with Gasteiger partial charge >= 0.3 is 5.97 Å². The van der Waals surface area contributed by atoms with Crippen molar-refractivity contribution >= 4 is 11.8 Å². The molecular weight excluding hydrogens is 418 g/mol. The Kier molecular flexibility index (Phi) is 5.33. The molecule has 33 heavy (non-hydrogen) atoms. The van der Waals surface area contributed by atoms with Crippen LogP contribution in [0.5, 0.6) is 17.2 Å². The predicted molar refractivity (Wildman–Crippen MR) is 124 cm³/mol. The van der Waals surface area contributed by atoms with Crippen LogP contribution in [0.2, 0.25) is 0 Å². The number of ether oxygens (including phenoxy) is 3. The van der Waals surface area contributed by atoms with Crippen molar-refractivity contribution < 1.29 is 23.8 Å². The largest absolute Gasteiger partial charge is 0.490 e. The van der Waals surface area contributed by atoms with Gasteiger partial charge in [-0.1, -0.05) is 36.4 Å². The zero-order valence-electron chi connectivity index (χ0n) is 19.1. The number of allylic oxidation sites excluding steroid dienone is 3. The Morgan fingerprint density at radius 2 is 2.00 bits per heavy atom. The van der Waals surface area contributed by atoms with Gasteiger partial charge in [-0.3, -0.25) is 14.5 Å². The van der Waals surface area contributed by atoms with Crippen LogP contribution in [0.4, 0.5) is 0 Å². The van der Waals surface area contributed by atoms with Crippen LogP contribution in [0, 0.1) is 0 Å². The number of rotatable bonds is 5. The molecule has 1 heterocycles. The average Bonchev–Trinajstić information content (AvgIpc) is 2.80. The number of fused-ring (bicyclic) bond motifs is 1. The summed E-state index contributed by atoms with van der Waals surface area (Å²) in [6.45, 7) is 2.62. The fourth-order valence-corrected chi connectivity index (χ4v) is 5.44. The topological polar surface area (TPSA) is 65.1 Å². The number of likely N-dealkylation sites (N-methyl/N-ethyl adjacent to an activating group) is 1. The highest BCUT2D eigenvalue weighted by molar-refractivity contribution is 6.02. The second-order valence-electron chi connectivity index (χ2n) is 8.90. The highest BCUT2D eigenvalue weighted by Crippen LogP contribution is 2.57. The molecule has 2 aromatic rings. The normalized spacial score (nSPS) is 23.3. The standard InChI is InChI=1S/C27H27NO5/c1-17(29)33-26-24-19(14-23(25(26)31-3)32-16-18-7-5-4-6-8-18)13-22-21-15-20(30)9-10-27(21,24)11-12-28(22)2/h4-10,14-15,22H,11-13,16H2,1-3H3/t22-,27-/m1/s1. The quantitative estimate of drug-likeness (QED) is 0.516. The van der Waals surface area contributed by atoms with Crippen LogP contribution < -0.4 is 14.2 Å². The van der Waals surface area contributed by atoms with Gasteiger partial charge in [0.05, 0.1) is 7.11 Å². The van der Waals surface area contributed by atoms with Gasteiger partial charge < -0.3 is 14.2 Å². The van der Waals surface area contributed by atoms with Crippen LogP contribution in [-0.2, 0) is 28.0 Å². The molecule has 5 rings (SSSR count). The lowest BCUT2D eigenvalue weighted by molar-refractivity contribution is -0.132. The lowest BCUT2D eigenvalue weighted by Crippen LogP contribution is -2.54. The van der Waals surface area contributed by atoms with E-state index in [-0.39, 0.29) is 11.8 Å². The Bertz CT molecular complexity index is 1180. The number of esters is 1. The van der Waals surface area contributed by atoms with Gasteiger partial charge in [0.25, 0.3) is 0 Å². The van der Waals surface area contributed by atoms with E-state index in [4.69, 9.17) is 14.2 Å². The van der Waals surface area contributed by atoms with Crippen LogP contribution in [0.1, 0.15) is 30.0 Å². The highest BCUT2D eigenvalue weighted by Gasteiger charge is 2.51. The second-order valence-corrected chi connectivity index (χ2v) is 8.90.